The summed E-state index contributed by atoms with van der Waals surface area (Å²) in [4.78, 5) is 16.7. The number of carboxylic acid groups (broad SMARTS) is 1. The largest absolute Gasteiger partial charge is 0.478 e. The summed E-state index contributed by atoms with van der Waals surface area (Å²) in [7, 11) is 0. The van der Waals surface area contributed by atoms with Gasteiger partial charge in [0.25, 0.3) is 0 Å². The van der Waals surface area contributed by atoms with E-state index in [2.05, 4.69) is 4.98 Å². The van der Waals surface area contributed by atoms with Gasteiger partial charge in [0, 0.05) is 18.9 Å². The summed E-state index contributed by atoms with van der Waals surface area (Å²) in [5.74, 6) is -0.0821. The van der Waals surface area contributed by atoms with Crippen LogP contribution < -0.4 is 4.90 Å². The van der Waals surface area contributed by atoms with Crippen molar-refractivity contribution < 1.29 is 9.90 Å². The lowest BCUT2D eigenvalue weighted by Crippen LogP contribution is -2.21. The topological polar surface area (TPSA) is 53.4 Å². The van der Waals surface area contributed by atoms with E-state index in [1.54, 1.807) is 24.5 Å². The molecule has 4 nitrogen and oxygen atoms in total. The van der Waals surface area contributed by atoms with E-state index in [4.69, 9.17) is 5.11 Å². The Labute approximate surface area is 99.3 Å². The van der Waals surface area contributed by atoms with Gasteiger partial charge in [-0.3, -0.25) is 0 Å². The molecule has 5 heteroatoms. The van der Waals surface area contributed by atoms with Crippen molar-refractivity contribution in [3.8, 4) is 0 Å². The molecule has 1 aromatic heterocycles. The normalized spacial score (nSPS) is 14.0. The second-order valence-corrected chi connectivity index (χ2v) is 3.12. The number of pyridine rings is 1. The van der Waals surface area contributed by atoms with Crippen molar-refractivity contribution in [2.24, 2.45) is 0 Å². The number of rotatable bonds is 2. The van der Waals surface area contributed by atoms with Gasteiger partial charge in [-0.25, -0.2) is 9.78 Å². The van der Waals surface area contributed by atoms with Crippen molar-refractivity contribution in [2.75, 3.05) is 11.4 Å². The fourth-order valence-corrected chi connectivity index (χ4v) is 1.35. The lowest BCUT2D eigenvalue weighted by atomic mass is 10.2. The van der Waals surface area contributed by atoms with Crippen LogP contribution in [0.2, 0.25) is 0 Å². The standard InChI is InChI=1S/C11H10N2O2.ClH/c14-11(15)9-4-7-13(8-5-9)10-3-1-2-6-12-10;/h1-7H,8H2,(H,14,15);1H. The fourth-order valence-electron chi connectivity index (χ4n) is 1.35. The fraction of sp³-hybridized carbons (Fsp3) is 0.0909. The maximum atomic E-state index is 10.6. The molecule has 84 valence electrons. The molecule has 0 saturated carbocycles. The molecule has 1 aliphatic rings. The van der Waals surface area contributed by atoms with Crippen LogP contribution in [0.1, 0.15) is 0 Å². The van der Waals surface area contributed by atoms with E-state index in [9.17, 15) is 4.79 Å². The average Bonchev–Trinajstić information content (AvgIpc) is 2.30. The number of aliphatic carboxylic acids is 1. The zero-order chi connectivity index (χ0) is 10.7. The Morgan fingerprint density at radius 2 is 2.25 bits per heavy atom. The van der Waals surface area contributed by atoms with Gasteiger partial charge in [0.15, 0.2) is 0 Å². The van der Waals surface area contributed by atoms with Gasteiger partial charge in [0.1, 0.15) is 5.82 Å². The first-order valence-corrected chi connectivity index (χ1v) is 4.57. The van der Waals surface area contributed by atoms with Gasteiger partial charge in [-0.1, -0.05) is 12.1 Å². The molecule has 0 aliphatic carbocycles. The number of anilines is 1. The summed E-state index contributed by atoms with van der Waals surface area (Å²) in [6.07, 6.45) is 6.67. The van der Waals surface area contributed by atoms with Crippen LogP contribution >= 0.6 is 12.4 Å². The van der Waals surface area contributed by atoms with Crippen LogP contribution in [0.15, 0.2) is 48.3 Å². The van der Waals surface area contributed by atoms with Crippen LogP contribution in [0, 0.1) is 0 Å². The highest BCUT2D eigenvalue weighted by Crippen LogP contribution is 2.14. The Morgan fingerprint density at radius 3 is 2.75 bits per heavy atom. The number of hydrogen-bond acceptors (Lipinski definition) is 3. The van der Waals surface area contributed by atoms with Crippen LogP contribution in [-0.2, 0) is 4.79 Å². The number of nitrogens with zero attached hydrogens (tertiary/aromatic N) is 2. The van der Waals surface area contributed by atoms with Gasteiger partial charge < -0.3 is 10.0 Å². The number of aromatic nitrogens is 1. The molecule has 0 atom stereocenters. The predicted octanol–water partition coefficient (Wildman–Crippen LogP) is 1.85. The monoisotopic (exact) mass is 238 g/mol. The summed E-state index contributed by atoms with van der Waals surface area (Å²) < 4.78 is 0. The maximum Gasteiger partial charge on any atom is 0.335 e. The summed E-state index contributed by atoms with van der Waals surface area (Å²) in [5.41, 5.74) is 0.321. The van der Waals surface area contributed by atoms with Gasteiger partial charge in [-0.15, -0.1) is 12.4 Å². The van der Waals surface area contributed by atoms with Crippen molar-refractivity contribution in [2.45, 2.75) is 0 Å². The molecular weight excluding hydrogens is 228 g/mol. The highest BCUT2D eigenvalue weighted by Gasteiger charge is 2.11. The third-order valence-electron chi connectivity index (χ3n) is 2.13. The summed E-state index contributed by atoms with van der Waals surface area (Å²) >= 11 is 0. The molecule has 0 spiro atoms. The van der Waals surface area contributed by atoms with Gasteiger partial charge in [-0.05, 0) is 18.2 Å². The van der Waals surface area contributed by atoms with Gasteiger partial charge in [0.2, 0.25) is 0 Å². The summed E-state index contributed by atoms with van der Waals surface area (Å²) in [5, 5.41) is 8.74. The highest BCUT2D eigenvalue weighted by atomic mass is 35.5. The molecule has 1 aliphatic heterocycles. The first-order chi connectivity index (χ1) is 7.27. The van der Waals surface area contributed by atoms with Crippen LogP contribution in [0.4, 0.5) is 5.82 Å². The molecule has 1 aromatic rings. The average molecular weight is 239 g/mol. The van der Waals surface area contributed by atoms with Crippen LogP contribution in [0.5, 0.6) is 0 Å². The van der Waals surface area contributed by atoms with Crippen LogP contribution in [0.25, 0.3) is 0 Å². The Kier molecular flexibility index (Phi) is 4.08. The van der Waals surface area contributed by atoms with E-state index in [0.717, 1.165) is 5.82 Å². The minimum atomic E-state index is -0.896. The van der Waals surface area contributed by atoms with Crippen molar-refractivity contribution in [3.05, 3.63) is 48.3 Å². The third kappa shape index (κ3) is 2.61. The minimum Gasteiger partial charge on any atom is -0.478 e. The van der Waals surface area contributed by atoms with E-state index in [0.29, 0.717) is 12.1 Å². The SMILES string of the molecule is Cl.O=C(O)C1=CCN(c2ccccn2)C=C1. The number of hydrogen-bond donors (Lipinski definition) is 1. The Hall–Kier alpha value is -1.81. The second kappa shape index (κ2) is 5.32. The number of carbonyl (C=O) groups is 1. The van der Waals surface area contributed by atoms with Crippen molar-refractivity contribution in [1.29, 1.82) is 0 Å². The zero-order valence-electron chi connectivity index (χ0n) is 8.41. The van der Waals surface area contributed by atoms with Crippen LogP contribution in [-0.4, -0.2) is 22.6 Å². The molecule has 0 saturated heterocycles. The smallest absolute Gasteiger partial charge is 0.335 e. The summed E-state index contributed by atoms with van der Waals surface area (Å²) in [6.45, 7) is 0.537. The zero-order valence-corrected chi connectivity index (χ0v) is 9.22. The molecule has 16 heavy (non-hydrogen) atoms. The van der Waals surface area contributed by atoms with E-state index >= 15 is 0 Å². The molecule has 0 radical (unpaired) electrons. The summed E-state index contributed by atoms with van der Waals surface area (Å²) in [6, 6.07) is 5.62. The Bertz CT molecular complexity index is 429. The van der Waals surface area contributed by atoms with Crippen molar-refractivity contribution in [3.63, 3.8) is 0 Å². The molecule has 0 fully saturated rings. The molecule has 0 unspecified atom stereocenters. The molecule has 1 N–H and O–H groups in total. The molecule has 0 amide bonds. The molecule has 0 aromatic carbocycles. The van der Waals surface area contributed by atoms with Crippen molar-refractivity contribution in [1.82, 2.24) is 4.98 Å². The van der Waals surface area contributed by atoms with E-state index < -0.39 is 5.97 Å². The first kappa shape index (κ1) is 12.3. The molecule has 2 heterocycles. The Balaban J connectivity index is 0.00000128. The van der Waals surface area contributed by atoms with Gasteiger partial charge >= 0.3 is 5.97 Å². The van der Waals surface area contributed by atoms with Gasteiger partial charge in [-0.2, -0.15) is 0 Å². The minimum absolute atomic E-state index is 0. The predicted molar refractivity (Wildman–Crippen MR) is 63.7 cm³/mol. The maximum absolute atomic E-state index is 10.6. The van der Waals surface area contributed by atoms with E-state index in [-0.39, 0.29) is 12.4 Å². The molecular formula is C11H11ClN2O2. The quantitative estimate of drug-likeness (QED) is 0.854. The van der Waals surface area contributed by atoms with E-state index in [1.165, 1.54) is 0 Å². The number of carboxylic acids is 1. The van der Waals surface area contributed by atoms with Crippen LogP contribution in [0.3, 0.4) is 0 Å². The van der Waals surface area contributed by atoms with Crippen molar-refractivity contribution >= 4 is 24.2 Å². The molecule has 2 rings (SSSR count). The highest BCUT2D eigenvalue weighted by molar-refractivity contribution is 5.90. The lowest BCUT2D eigenvalue weighted by Gasteiger charge is -2.20. The van der Waals surface area contributed by atoms with E-state index in [1.807, 2.05) is 23.1 Å². The first-order valence-electron chi connectivity index (χ1n) is 4.57. The second-order valence-electron chi connectivity index (χ2n) is 3.12. The molecule has 0 bridgehead atoms. The Morgan fingerprint density at radius 1 is 1.44 bits per heavy atom. The third-order valence-corrected chi connectivity index (χ3v) is 2.13. The lowest BCUT2D eigenvalue weighted by molar-refractivity contribution is -0.132. The van der Waals surface area contributed by atoms with Gasteiger partial charge in [0.05, 0.1) is 5.57 Å². The number of halogens is 1.